The minimum absolute atomic E-state index is 0.0506. The van der Waals surface area contributed by atoms with Crippen LogP contribution in [-0.4, -0.2) is 39.4 Å². The smallest absolute Gasteiger partial charge is 0.249 e. The van der Waals surface area contributed by atoms with Crippen molar-refractivity contribution in [1.82, 2.24) is 15.1 Å². The summed E-state index contributed by atoms with van der Waals surface area (Å²) in [5, 5.41) is 18.0. The summed E-state index contributed by atoms with van der Waals surface area (Å²) in [6, 6.07) is 7.33. The van der Waals surface area contributed by atoms with E-state index in [2.05, 4.69) is 10.2 Å². The normalized spacial score (nSPS) is 12.1. The average molecular weight is 296 g/mol. The van der Waals surface area contributed by atoms with Crippen molar-refractivity contribution in [1.29, 1.82) is 0 Å². The zero-order valence-corrected chi connectivity index (χ0v) is 12.6. The topological polar surface area (TPSA) is 62.4 Å². The maximum atomic E-state index is 9.34. The van der Waals surface area contributed by atoms with Gasteiger partial charge in [-0.2, -0.15) is 0 Å². The summed E-state index contributed by atoms with van der Waals surface area (Å²) in [5.74, 6) is 0.893. The van der Waals surface area contributed by atoms with Gasteiger partial charge < -0.3 is 9.52 Å². The number of nitrogens with zero attached hydrogens (tertiary/aromatic N) is 3. The van der Waals surface area contributed by atoms with E-state index >= 15 is 0 Å². The van der Waals surface area contributed by atoms with Crippen LogP contribution in [0.15, 0.2) is 28.7 Å². The Kier molecular flexibility index (Phi) is 4.42. The summed E-state index contributed by atoms with van der Waals surface area (Å²) in [7, 11) is 1.90. The Bertz CT molecular complexity index is 583. The van der Waals surface area contributed by atoms with Crippen molar-refractivity contribution in [2.75, 3.05) is 13.7 Å². The molecule has 0 saturated carbocycles. The molecule has 0 fully saturated rings. The Hall–Kier alpha value is -1.43. The number of aliphatic hydroxyl groups is 1. The fourth-order valence-corrected chi connectivity index (χ4v) is 1.82. The van der Waals surface area contributed by atoms with Crippen LogP contribution >= 0.6 is 11.6 Å². The second-order valence-corrected chi connectivity index (χ2v) is 5.71. The third-order valence-electron chi connectivity index (χ3n) is 3.36. The lowest BCUT2D eigenvalue weighted by molar-refractivity contribution is 0.0670. The first-order valence-corrected chi connectivity index (χ1v) is 6.71. The van der Waals surface area contributed by atoms with E-state index < -0.39 is 0 Å². The maximum Gasteiger partial charge on any atom is 0.249 e. The zero-order valence-electron chi connectivity index (χ0n) is 11.8. The number of aliphatic hydroxyl groups excluding tert-OH is 1. The van der Waals surface area contributed by atoms with Gasteiger partial charge in [-0.1, -0.05) is 23.7 Å². The van der Waals surface area contributed by atoms with E-state index in [0.717, 1.165) is 5.56 Å². The second-order valence-electron chi connectivity index (χ2n) is 5.31. The van der Waals surface area contributed by atoms with Crippen LogP contribution in [0.4, 0.5) is 0 Å². The molecule has 20 heavy (non-hydrogen) atoms. The molecule has 0 bridgehead atoms. The van der Waals surface area contributed by atoms with Gasteiger partial charge in [0, 0.05) is 5.54 Å². The highest BCUT2D eigenvalue weighted by atomic mass is 35.5. The van der Waals surface area contributed by atoms with Crippen LogP contribution in [0.25, 0.3) is 11.5 Å². The van der Waals surface area contributed by atoms with Crippen molar-refractivity contribution in [3.63, 3.8) is 0 Å². The Morgan fingerprint density at radius 1 is 1.30 bits per heavy atom. The molecule has 2 rings (SSSR count). The van der Waals surface area contributed by atoms with Crippen LogP contribution in [-0.2, 0) is 6.54 Å². The first kappa shape index (κ1) is 15.0. The molecule has 0 atom stereocenters. The number of hydrogen-bond donors (Lipinski definition) is 1. The molecule has 1 N–H and O–H groups in total. The lowest BCUT2D eigenvalue weighted by Gasteiger charge is -2.32. The van der Waals surface area contributed by atoms with E-state index in [1.807, 2.05) is 44.0 Å². The highest BCUT2D eigenvalue weighted by molar-refractivity contribution is 6.33. The van der Waals surface area contributed by atoms with Gasteiger partial charge in [0.1, 0.15) is 0 Å². The molecule has 0 amide bonds. The molecule has 1 aromatic carbocycles. The quantitative estimate of drug-likeness (QED) is 0.918. The van der Waals surface area contributed by atoms with Crippen LogP contribution in [0.1, 0.15) is 19.7 Å². The number of benzene rings is 1. The molecule has 0 radical (unpaired) electrons. The summed E-state index contributed by atoms with van der Waals surface area (Å²) in [6.07, 6.45) is 0. The van der Waals surface area contributed by atoms with Crippen molar-refractivity contribution in [3.8, 4) is 11.5 Å². The largest absolute Gasteiger partial charge is 0.419 e. The van der Waals surface area contributed by atoms with Crippen LogP contribution in [0.2, 0.25) is 5.02 Å². The predicted molar refractivity (Wildman–Crippen MR) is 77.4 cm³/mol. The molecule has 0 spiro atoms. The van der Waals surface area contributed by atoms with Gasteiger partial charge in [-0.3, -0.25) is 4.90 Å². The van der Waals surface area contributed by atoms with Crippen LogP contribution in [0.3, 0.4) is 0 Å². The van der Waals surface area contributed by atoms with Crippen LogP contribution in [0.5, 0.6) is 0 Å². The van der Waals surface area contributed by atoms with Gasteiger partial charge in [0.25, 0.3) is 0 Å². The Morgan fingerprint density at radius 3 is 2.65 bits per heavy atom. The summed E-state index contributed by atoms with van der Waals surface area (Å²) in [4.78, 5) is 1.96. The Labute approximate surface area is 123 Å². The molecule has 0 saturated heterocycles. The maximum absolute atomic E-state index is 9.34. The number of aromatic nitrogens is 2. The van der Waals surface area contributed by atoms with Gasteiger partial charge in [0.2, 0.25) is 11.8 Å². The fraction of sp³-hybridized carbons (Fsp3) is 0.429. The van der Waals surface area contributed by atoms with Crippen molar-refractivity contribution in [2.24, 2.45) is 0 Å². The van der Waals surface area contributed by atoms with Gasteiger partial charge in [-0.25, -0.2) is 0 Å². The average Bonchev–Trinajstić information content (AvgIpc) is 2.87. The monoisotopic (exact) mass is 295 g/mol. The zero-order chi connectivity index (χ0) is 14.8. The molecule has 1 heterocycles. The van der Waals surface area contributed by atoms with E-state index in [0.29, 0.717) is 23.3 Å². The second kappa shape index (κ2) is 5.91. The number of hydrogen-bond acceptors (Lipinski definition) is 5. The molecule has 108 valence electrons. The van der Waals surface area contributed by atoms with Gasteiger partial charge >= 0.3 is 0 Å². The molecular formula is C14H18ClN3O2. The molecule has 2 aromatic rings. The molecule has 0 aliphatic rings. The minimum atomic E-state index is -0.348. The third kappa shape index (κ3) is 3.17. The number of halogens is 1. The molecule has 0 aliphatic carbocycles. The first-order chi connectivity index (χ1) is 9.44. The highest BCUT2D eigenvalue weighted by Gasteiger charge is 2.24. The van der Waals surface area contributed by atoms with E-state index in [4.69, 9.17) is 16.0 Å². The third-order valence-corrected chi connectivity index (χ3v) is 3.69. The molecular weight excluding hydrogens is 278 g/mol. The summed E-state index contributed by atoms with van der Waals surface area (Å²) < 4.78 is 5.63. The summed E-state index contributed by atoms with van der Waals surface area (Å²) in [5.41, 5.74) is 0.371. The highest BCUT2D eigenvalue weighted by Crippen LogP contribution is 2.26. The van der Waals surface area contributed by atoms with E-state index in [9.17, 15) is 5.11 Å². The summed E-state index contributed by atoms with van der Waals surface area (Å²) >= 11 is 6.10. The SMILES string of the molecule is CN(Cc1nnc(-c2ccccc2Cl)o1)C(C)(C)CO. The van der Waals surface area contributed by atoms with E-state index in [-0.39, 0.29) is 12.1 Å². The molecule has 0 unspecified atom stereocenters. The predicted octanol–water partition coefficient (Wildman–Crippen LogP) is 2.59. The van der Waals surface area contributed by atoms with Gasteiger partial charge in [-0.15, -0.1) is 10.2 Å². The fourth-order valence-electron chi connectivity index (χ4n) is 1.60. The molecule has 5 nitrogen and oxygen atoms in total. The van der Waals surface area contributed by atoms with Crippen LogP contribution < -0.4 is 0 Å². The van der Waals surface area contributed by atoms with Crippen molar-refractivity contribution in [3.05, 3.63) is 35.2 Å². The Balaban J connectivity index is 2.16. The number of rotatable bonds is 5. The standard InChI is InChI=1S/C14H18ClN3O2/c1-14(2,9-19)18(3)8-12-16-17-13(20-12)10-6-4-5-7-11(10)15/h4-7,19H,8-9H2,1-3H3. The van der Waals surface area contributed by atoms with Crippen molar-refractivity contribution >= 4 is 11.6 Å². The van der Waals surface area contributed by atoms with Crippen molar-refractivity contribution in [2.45, 2.75) is 25.9 Å². The van der Waals surface area contributed by atoms with Crippen molar-refractivity contribution < 1.29 is 9.52 Å². The van der Waals surface area contributed by atoms with Gasteiger partial charge in [-0.05, 0) is 33.0 Å². The first-order valence-electron chi connectivity index (χ1n) is 6.33. The van der Waals surface area contributed by atoms with E-state index in [1.165, 1.54) is 0 Å². The lowest BCUT2D eigenvalue weighted by Crippen LogP contribution is -2.43. The Morgan fingerprint density at radius 2 is 2.00 bits per heavy atom. The van der Waals surface area contributed by atoms with Gasteiger partial charge in [0.15, 0.2) is 0 Å². The minimum Gasteiger partial charge on any atom is -0.419 e. The molecule has 0 aliphatic heterocycles. The van der Waals surface area contributed by atoms with Gasteiger partial charge in [0.05, 0.1) is 23.7 Å². The lowest BCUT2D eigenvalue weighted by atomic mass is 10.1. The van der Waals surface area contributed by atoms with Crippen LogP contribution in [0, 0.1) is 0 Å². The summed E-state index contributed by atoms with van der Waals surface area (Å²) in [6.45, 7) is 4.40. The number of likely N-dealkylation sites (N-methyl/N-ethyl adjacent to an activating group) is 1. The van der Waals surface area contributed by atoms with E-state index in [1.54, 1.807) is 6.07 Å². The molecule has 1 aromatic heterocycles. The molecule has 6 heteroatoms.